The summed E-state index contributed by atoms with van der Waals surface area (Å²) in [5, 5.41) is 8.29. The van der Waals surface area contributed by atoms with Gasteiger partial charge in [-0.15, -0.1) is 0 Å². The number of rotatable bonds is 5. The summed E-state index contributed by atoms with van der Waals surface area (Å²) in [6.45, 7) is 3.20. The third kappa shape index (κ3) is 4.84. The first-order valence-corrected chi connectivity index (χ1v) is 10.2. The molecule has 0 saturated carbocycles. The van der Waals surface area contributed by atoms with E-state index in [0.717, 1.165) is 30.3 Å². The number of nitrogens with two attached hydrogens (primary N) is 1. The average Bonchev–Trinajstić information content (AvgIpc) is 3.20. The van der Waals surface area contributed by atoms with E-state index in [9.17, 15) is 13.6 Å². The highest BCUT2D eigenvalue weighted by Crippen LogP contribution is 2.25. The molecule has 4 rings (SSSR count). The summed E-state index contributed by atoms with van der Waals surface area (Å²) in [5.74, 6) is -1.12. The van der Waals surface area contributed by atoms with Crippen molar-refractivity contribution in [2.45, 2.75) is 26.2 Å². The van der Waals surface area contributed by atoms with Gasteiger partial charge in [-0.1, -0.05) is 0 Å². The van der Waals surface area contributed by atoms with E-state index in [1.54, 1.807) is 17.0 Å². The first-order valence-electron chi connectivity index (χ1n) is 10.2. The number of hydrogen-bond donors (Lipinski definition) is 1. The Labute approximate surface area is 179 Å². The second-order valence-electron chi connectivity index (χ2n) is 7.90. The molecule has 1 unspecified atom stereocenters. The molecule has 0 aliphatic carbocycles. The number of nitrogens with zero attached hydrogens (tertiary/aromatic N) is 4. The maximum atomic E-state index is 14.1. The molecule has 6 nitrogen and oxygen atoms in total. The van der Waals surface area contributed by atoms with Gasteiger partial charge in [0.15, 0.2) is 0 Å². The lowest BCUT2D eigenvalue weighted by atomic mass is 10.0. The first-order chi connectivity index (χ1) is 14.9. The largest absolute Gasteiger partial charge is 0.397 e. The summed E-state index contributed by atoms with van der Waals surface area (Å²) in [7, 11) is 0. The number of aryl methyl sites for hydroxylation is 1. The minimum absolute atomic E-state index is 0.0273. The van der Waals surface area contributed by atoms with Crippen molar-refractivity contribution in [3.8, 4) is 11.3 Å². The molecule has 0 bridgehead atoms. The number of hydrogen-bond acceptors (Lipinski definition) is 5. The van der Waals surface area contributed by atoms with E-state index in [1.807, 2.05) is 19.1 Å². The Morgan fingerprint density at radius 2 is 2.00 bits per heavy atom. The van der Waals surface area contributed by atoms with Crippen LogP contribution in [0.25, 0.3) is 11.3 Å². The topological polar surface area (TPSA) is 85.0 Å². The van der Waals surface area contributed by atoms with Crippen LogP contribution in [0, 0.1) is 24.5 Å². The summed E-state index contributed by atoms with van der Waals surface area (Å²) in [6, 6.07) is 10.4. The Kier molecular flexibility index (Phi) is 5.88. The Hall–Kier alpha value is -3.42. The molecule has 31 heavy (non-hydrogen) atoms. The Morgan fingerprint density at radius 3 is 2.74 bits per heavy atom. The number of carbonyl (C=O) groups is 1. The van der Waals surface area contributed by atoms with Crippen LogP contribution in [0.2, 0.25) is 0 Å². The molecule has 1 amide bonds. The highest BCUT2D eigenvalue weighted by molar-refractivity contribution is 5.80. The molecule has 2 N–H and O–H groups in total. The van der Waals surface area contributed by atoms with Gasteiger partial charge in [-0.25, -0.2) is 8.78 Å². The minimum atomic E-state index is -0.712. The van der Waals surface area contributed by atoms with Gasteiger partial charge in [-0.3, -0.25) is 9.78 Å². The number of pyridine rings is 1. The van der Waals surface area contributed by atoms with E-state index in [0.29, 0.717) is 36.1 Å². The smallest absolute Gasteiger partial charge is 0.228 e. The summed E-state index contributed by atoms with van der Waals surface area (Å²) in [5.41, 5.74) is 9.04. The first kappa shape index (κ1) is 20.8. The van der Waals surface area contributed by atoms with Crippen molar-refractivity contribution in [1.29, 1.82) is 0 Å². The number of aromatic nitrogens is 3. The van der Waals surface area contributed by atoms with E-state index in [-0.39, 0.29) is 17.9 Å². The number of nitrogen functional groups attached to an aromatic ring is 1. The lowest BCUT2D eigenvalue weighted by Gasteiger charge is -2.17. The maximum Gasteiger partial charge on any atom is 0.228 e. The SMILES string of the molecule is Cc1ccc(CC2CCN(C(=O)Cc3nc(-c4ccc(F)cc4F)ccc3N)C2)nn1. The summed E-state index contributed by atoms with van der Waals surface area (Å²) < 4.78 is 27.3. The van der Waals surface area contributed by atoms with Crippen LogP contribution in [0.4, 0.5) is 14.5 Å². The summed E-state index contributed by atoms with van der Waals surface area (Å²) in [6.07, 6.45) is 1.70. The third-order valence-electron chi connectivity index (χ3n) is 5.52. The number of amides is 1. The van der Waals surface area contributed by atoms with Gasteiger partial charge in [-0.05, 0) is 62.1 Å². The number of halogens is 2. The molecule has 1 aliphatic rings. The van der Waals surface area contributed by atoms with E-state index < -0.39 is 11.6 Å². The molecule has 1 saturated heterocycles. The van der Waals surface area contributed by atoms with Crippen molar-refractivity contribution in [2.24, 2.45) is 5.92 Å². The van der Waals surface area contributed by atoms with E-state index in [4.69, 9.17) is 5.73 Å². The highest BCUT2D eigenvalue weighted by Gasteiger charge is 2.27. The number of likely N-dealkylation sites (tertiary alicyclic amines) is 1. The lowest BCUT2D eigenvalue weighted by molar-refractivity contribution is -0.129. The fourth-order valence-electron chi connectivity index (χ4n) is 3.81. The standard InChI is InChI=1S/C23H23F2N5O/c1-14-2-4-17(29-28-14)10-15-8-9-30(13-15)23(31)12-22-20(26)6-7-21(27-22)18-5-3-16(24)11-19(18)25/h2-7,11,15H,8-10,12-13,26H2,1H3. The third-order valence-corrected chi connectivity index (χ3v) is 5.52. The average molecular weight is 423 g/mol. The number of carbonyl (C=O) groups excluding carboxylic acids is 1. The summed E-state index contributed by atoms with van der Waals surface area (Å²) >= 11 is 0. The van der Waals surface area contributed by atoms with E-state index >= 15 is 0 Å². The summed E-state index contributed by atoms with van der Waals surface area (Å²) in [4.78, 5) is 19.0. The fraction of sp³-hybridized carbons (Fsp3) is 0.304. The van der Waals surface area contributed by atoms with Crippen molar-refractivity contribution >= 4 is 11.6 Å². The van der Waals surface area contributed by atoms with E-state index in [1.165, 1.54) is 12.1 Å². The van der Waals surface area contributed by atoms with Crippen LogP contribution in [-0.2, 0) is 17.6 Å². The second kappa shape index (κ2) is 8.75. The van der Waals surface area contributed by atoms with Gasteiger partial charge >= 0.3 is 0 Å². The number of anilines is 1. The zero-order valence-corrected chi connectivity index (χ0v) is 17.2. The molecule has 3 heterocycles. The molecule has 2 aromatic heterocycles. The molecule has 8 heteroatoms. The molecular formula is C23H23F2N5O. The van der Waals surface area contributed by atoms with Gasteiger partial charge in [0.1, 0.15) is 11.6 Å². The van der Waals surface area contributed by atoms with Crippen LogP contribution in [0.15, 0.2) is 42.5 Å². The predicted octanol–water partition coefficient (Wildman–Crippen LogP) is 3.34. The van der Waals surface area contributed by atoms with Crippen molar-refractivity contribution < 1.29 is 13.6 Å². The van der Waals surface area contributed by atoms with Crippen molar-refractivity contribution in [3.05, 3.63) is 71.2 Å². The van der Waals surface area contributed by atoms with Crippen LogP contribution in [0.3, 0.4) is 0 Å². The Bertz CT molecular complexity index is 1100. The minimum Gasteiger partial charge on any atom is -0.397 e. The highest BCUT2D eigenvalue weighted by atomic mass is 19.1. The maximum absolute atomic E-state index is 14.1. The predicted molar refractivity (Wildman–Crippen MR) is 113 cm³/mol. The van der Waals surface area contributed by atoms with Crippen molar-refractivity contribution in [3.63, 3.8) is 0 Å². The molecule has 1 aromatic carbocycles. The normalized spacial score (nSPS) is 16.0. The van der Waals surface area contributed by atoms with Gasteiger partial charge in [0.05, 0.1) is 34.9 Å². The zero-order chi connectivity index (χ0) is 22.0. The van der Waals surface area contributed by atoms with Crippen LogP contribution in [-0.4, -0.2) is 39.1 Å². The Morgan fingerprint density at radius 1 is 1.16 bits per heavy atom. The molecule has 1 fully saturated rings. The molecular weight excluding hydrogens is 400 g/mol. The number of benzene rings is 1. The quantitative estimate of drug-likeness (QED) is 0.680. The van der Waals surface area contributed by atoms with Crippen LogP contribution in [0.1, 0.15) is 23.5 Å². The molecule has 160 valence electrons. The van der Waals surface area contributed by atoms with Gasteiger partial charge in [0.2, 0.25) is 5.91 Å². The van der Waals surface area contributed by atoms with Gasteiger partial charge in [-0.2, -0.15) is 10.2 Å². The van der Waals surface area contributed by atoms with Crippen LogP contribution >= 0.6 is 0 Å². The lowest BCUT2D eigenvalue weighted by Crippen LogP contribution is -2.31. The molecule has 0 radical (unpaired) electrons. The fourth-order valence-corrected chi connectivity index (χ4v) is 3.81. The zero-order valence-electron chi connectivity index (χ0n) is 17.2. The van der Waals surface area contributed by atoms with E-state index in [2.05, 4.69) is 15.2 Å². The Balaban J connectivity index is 1.43. The molecule has 0 spiro atoms. The molecule has 1 atom stereocenters. The van der Waals surface area contributed by atoms with Crippen LogP contribution in [0.5, 0.6) is 0 Å². The van der Waals surface area contributed by atoms with Gasteiger partial charge in [0.25, 0.3) is 0 Å². The second-order valence-corrected chi connectivity index (χ2v) is 7.90. The molecule has 1 aliphatic heterocycles. The monoisotopic (exact) mass is 423 g/mol. The van der Waals surface area contributed by atoms with Gasteiger partial charge in [0, 0.05) is 24.7 Å². The van der Waals surface area contributed by atoms with Crippen LogP contribution < -0.4 is 5.73 Å². The van der Waals surface area contributed by atoms with Crippen molar-refractivity contribution in [1.82, 2.24) is 20.1 Å². The van der Waals surface area contributed by atoms with Gasteiger partial charge < -0.3 is 10.6 Å². The van der Waals surface area contributed by atoms with Crippen molar-refractivity contribution in [2.75, 3.05) is 18.8 Å². The molecule has 3 aromatic rings.